The number of amides is 3. The van der Waals surface area contributed by atoms with Crippen molar-refractivity contribution in [2.24, 2.45) is 5.92 Å². The van der Waals surface area contributed by atoms with Crippen LogP contribution in [-0.4, -0.2) is 52.1 Å². The molecular formula is C35H53N3O5. The van der Waals surface area contributed by atoms with E-state index in [1.54, 1.807) is 49.9 Å². The highest BCUT2D eigenvalue weighted by atomic mass is 16.6. The lowest BCUT2D eigenvalue weighted by Gasteiger charge is -2.39. The molecule has 0 radical (unpaired) electrons. The Labute approximate surface area is 258 Å². The Morgan fingerprint density at radius 1 is 0.953 bits per heavy atom. The van der Waals surface area contributed by atoms with E-state index in [9.17, 15) is 19.5 Å². The quantitative estimate of drug-likeness (QED) is 0.196. The number of benzene rings is 2. The summed E-state index contributed by atoms with van der Waals surface area (Å²) in [6.07, 6.45) is 3.88. The van der Waals surface area contributed by atoms with Gasteiger partial charge >= 0.3 is 6.09 Å². The average Bonchev–Trinajstić information content (AvgIpc) is 2.92. The molecule has 0 heterocycles. The third-order valence-electron chi connectivity index (χ3n) is 7.35. The number of aryl methyl sites for hydroxylation is 1. The molecule has 0 aliphatic carbocycles. The number of aromatic hydroxyl groups is 1. The number of phenolic OH excluding ortho intramolecular Hbond substituents is 1. The number of nitrogens with zero attached hydrogens (tertiary/aromatic N) is 1. The predicted molar refractivity (Wildman–Crippen MR) is 172 cm³/mol. The molecule has 2 rings (SSSR count). The van der Waals surface area contributed by atoms with Crippen molar-refractivity contribution in [3.8, 4) is 5.75 Å². The molecule has 2 aromatic carbocycles. The lowest BCUT2D eigenvalue weighted by molar-refractivity contribution is -0.145. The van der Waals surface area contributed by atoms with Gasteiger partial charge in [0.25, 0.3) is 0 Å². The van der Waals surface area contributed by atoms with Gasteiger partial charge in [0, 0.05) is 19.0 Å². The molecule has 2 aromatic rings. The molecule has 0 spiro atoms. The number of ether oxygens (including phenoxy) is 1. The molecule has 8 nitrogen and oxygen atoms in total. The van der Waals surface area contributed by atoms with E-state index < -0.39 is 23.8 Å². The minimum atomic E-state index is -1.01. The molecule has 3 amide bonds. The first-order chi connectivity index (χ1) is 20.2. The molecule has 3 atom stereocenters. The number of phenols is 1. The van der Waals surface area contributed by atoms with Gasteiger partial charge in [0.1, 0.15) is 23.4 Å². The van der Waals surface area contributed by atoms with E-state index in [4.69, 9.17) is 4.74 Å². The summed E-state index contributed by atoms with van der Waals surface area (Å²) in [6.45, 7) is 16.1. The van der Waals surface area contributed by atoms with Crippen molar-refractivity contribution < 1.29 is 24.2 Å². The van der Waals surface area contributed by atoms with Crippen LogP contribution >= 0.6 is 0 Å². The Bertz CT molecular complexity index is 1170. The minimum Gasteiger partial charge on any atom is -0.508 e. The highest BCUT2D eigenvalue weighted by Gasteiger charge is 2.39. The summed E-state index contributed by atoms with van der Waals surface area (Å²) >= 11 is 0. The maximum Gasteiger partial charge on any atom is 0.408 e. The highest BCUT2D eigenvalue weighted by molar-refractivity contribution is 5.92. The number of carbonyl (C=O) groups is 3. The van der Waals surface area contributed by atoms with Gasteiger partial charge in [-0.15, -0.1) is 0 Å². The van der Waals surface area contributed by atoms with Gasteiger partial charge in [0.05, 0.1) is 0 Å². The van der Waals surface area contributed by atoms with Crippen LogP contribution in [0, 0.1) is 12.8 Å². The number of nitrogens with one attached hydrogen (secondary N) is 2. The monoisotopic (exact) mass is 595 g/mol. The van der Waals surface area contributed by atoms with Gasteiger partial charge in [-0.3, -0.25) is 9.59 Å². The zero-order chi connectivity index (χ0) is 32.2. The van der Waals surface area contributed by atoms with E-state index in [1.165, 1.54) is 0 Å². The van der Waals surface area contributed by atoms with Crippen LogP contribution < -0.4 is 10.6 Å². The third-order valence-corrected chi connectivity index (χ3v) is 7.35. The summed E-state index contributed by atoms with van der Waals surface area (Å²) in [5.74, 6) is -0.0927. The van der Waals surface area contributed by atoms with Crippen LogP contribution in [0.2, 0.25) is 0 Å². The van der Waals surface area contributed by atoms with Gasteiger partial charge in [0.2, 0.25) is 11.8 Å². The molecule has 0 aliphatic heterocycles. The Morgan fingerprint density at radius 2 is 1.60 bits per heavy atom. The number of rotatable bonds is 15. The van der Waals surface area contributed by atoms with Crippen LogP contribution in [0.1, 0.15) is 103 Å². The normalized spacial score (nSPS) is 13.6. The Kier molecular flexibility index (Phi) is 14.0. The molecule has 0 aromatic heterocycles. The van der Waals surface area contributed by atoms with E-state index in [0.717, 1.165) is 42.4 Å². The highest BCUT2D eigenvalue weighted by Crippen LogP contribution is 2.30. The van der Waals surface area contributed by atoms with Crippen LogP contribution in [-0.2, 0) is 20.7 Å². The van der Waals surface area contributed by atoms with Crippen molar-refractivity contribution in [2.45, 2.75) is 118 Å². The molecule has 3 unspecified atom stereocenters. The lowest BCUT2D eigenvalue weighted by Crippen LogP contribution is -2.56. The zero-order valence-corrected chi connectivity index (χ0v) is 27.4. The Morgan fingerprint density at radius 3 is 2.19 bits per heavy atom. The number of carbonyl (C=O) groups excluding carboxylic acids is 3. The number of unbranched alkanes of at least 4 members (excludes halogenated alkanes) is 2. The van der Waals surface area contributed by atoms with Crippen molar-refractivity contribution in [3.05, 3.63) is 65.2 Å². The molecular weight excluding hydrogens is 542 g/mol. The van der Waals surface area contributed by atoms with Crippen LogP contribution in [0.25, 0.3) is 0 Å². The summed E-state index contributed by atoms with van der Waals surface area (Å²) in [5.41, 5.74) is 1.64. The smallest absolute Gasteiger partial charge is 0.408 e. The Balaban J connectivity index is 2.62. The first kappa shape index (κ1) is 35.6. The Hall–Kier alpha value is -3.55. The second-order valence-corrected chi connectivity index (χ2v) is 12.9. The van der Waals surface area contributed by atoms with Crippen molar-refractivity contribution in [3.63, 3.8) is 0 Å². The fraction of sp³-hybridized carbons (Fsp3) is 0.571. The second-order valence-electron chi connectivity index (χ2n) is 12.9. The maximum atomic E-state index is 14.7. The van der Waals surface area contributed by atoms with E-state index in [0.29, 0.717) is 18.9 Å². The molecule has 43 heavy (non-hydrogen) atoms. The van der Waals surface area contributed by atoms with E-state index >= 15 is 0 Å². The van der Waals surface area contributed by atoms with Crippen LogP contribution in [0.3, 0.4) is 0 Å². The molecule has 0 saturated heterocycles. The van der Waals surface area contributed by atoms with Crippen LogP contribution in [0.5, 0.6) is 5.75 Å². The molecule has 0 fully saturated rings. The standard InChI is InChI=1S/C35H53N3O5/c1-9-10-13-22-36-32(40)31(29-15-12-11-14-25(29)4)38(26(5)17-16-24(2)3)33(41)30(37-34(42)43-35(6,7)8)23-27-18-20-28(39)21-19-27/h11-12,14-15,18-21,24,26,30-31,39H,9-10,13,16-17,22-23H2,1-8H3,(H,36,40)(H,37,42). The summed E-state index contributed by atoms with van der Waals surface area (Å²) < 4.78 is 5.54. The topological polar surface area (TPSA) is 108 Å². The SMILES string of the molecule is CCCCCNC(=O)C(c1ccccc1C)N(C(=O)C(Cc1ccc(O)cc1)NC(=O)OC(C)(C)C)C(C)CCC(C)C. The number of alkyl carbamates (subject to hydrolysis) is 1. The summed E-state index contributed by atoms with van der Waals surface area (Å²) in [5, 5.41) is 15.7. The molecule has 3 N–H and O–H groups in total. The summed E-state index contributed by atoms with van der Waals surface area (Å²) in [7, 11) is 0. The van der Waals surface area contributed by atoms with Crippen LogP contribution in [0.4, 0.5) is 4.79 Å². The number of hydrogen-bond acceptors (Lipinski definition) is 5. The van der Waals surface area contributed by atoms with E-state index in [2.05, 4.69) is 31.4 Å². The first-order valence-electron chi connectivity index (χ1n) is 15.7. The van der Waals surface area contributed by atoms with Gasteiger partial charge in [-0.25, -0.2) is 4.79 Å². The van der Waals surface area contributed by atoms with Crippen molar-refractivity contribution in [1.82, 2.24) is 15.5 Å². The van der Waals surface area contributed by atoms with Crippen molar-refractivity contribution >= 4 is 17.9 Å². The fourth-order valence-corrected chi connectivity index (χ4v) is 5.00. The molecule has 0 aliphatic rings. The second kappa shape index (κ2) is 16.9. The molecule has 238 valence electrons. The summed E-state index contributed by atoms with van der Waals surface area (Å²) in [4.78, 5) is 43.5. The van der Waals surface area contributed by atoms with E-state index in [1.807, 2.05) is 38.1 Å². The van der Waals surface area contributed by atoms with Gasteiger partial charge in [0.15, 0.2) is 0 Å². The third kappa shape index (κ3) is 11.9. The maximum absolute atomic E-state index is 14.7. The average molecular weight is 596 g/mol. The first-order valence-corrected chi connectivity index (χ1v) is 15.7. The van der Waals surface area contributed by atoms with Crippen molar-refractivity contribution in [1.29, 1.82) is 0 Å². The van der Waals surface area contributed by atoms with Gasteiger partial charge in [-0.2, -0.15) is 0 Å². The molecule has 0 saturated carbocycles. The minimum absolute atomic E-state index is 0.107. The van der Waals surface area contributed by atoms with Gasteiger partial charge in [-0.1, -0.05) is 70.0 Å². The molecule has 8 heteroatoms. The fourth-order valence-electron chi connectivity index (χ4n) is 5.00. The number of hydrogen-bond donors (Lipinski definition) is 3. The largest absolute Gasteiger partial charge is 0.508 e. The van der Waals surface area contributed by atoms with Crippen LogP contribution in [0.15, 0.2) is 48.5 Å². The zero-order valence-electron chi connectivity index (χ0n) is 27.4. The van der Waals surface area contributed by atoms with Crippen molar-refractivity contribution in [2.75, 3.05) is 6.54 Å². The van der Waals surface area contributed by atoms with Gasteiger partial charge < -0.3 is 25.4 Å². The summed E-state index contributed by atoms with van der Waals surface area (Å²) in [6, 6.07) is 12.0. The molecule has 0 bridgehead atoms. The van der Waals surface area contributed by atoms with E-state index in [-0.39, 0.29) is 30.0 Å². The predicted octanol–water partition coefficient (Wildman–Crippen LogP) is 6.84. The van der Waals surface area contributed by atoms with Gasteiger partial charge in [-0.05, 0) is 88.6 Å². The lowest BCUT2D eigenvalue weighted by atomic mass is 9.94.